The van der Waals surface area contributed by atoms with Crippen molar-refractivity contribution in [2.45, 2.75) is 11.8 Å². The molecule has 0 spiro atoms. The van der Waals surface area contributed by atoms with Gasteiger partial charge in [-0.2, -0.15) is 0 Å². The summed E-state index contributed by atoms with van der Waals surface area (Å²) >= 11 is 0. The zero-order valence-corrected chi connectivity index (χ0v) is 9.04. The van der Waals surface area contributed by atoms with Crippen molar-refractivity contribution in [1.82, 2.24) is 0 Å². The Morgan fingerprint density at radius 2 is 1.93 bits per heavy atom. The third-order valence-electron chi connectivity index (χ3n) is 1.64. The molecule has 0 atom stereocenters. The van der Waals surface area contributed by atoms with Crippen LogP contribution in [0.1, 0.15) is 6.92 Å². The summed E-state index contributed by atoms with van der Waals surface area (Å²) in [6, 6.07) is 5.86. The van der Waals surface area contributed by atoms with Gasteiger partial charge >= 0.3 is 0 Å². The molecule has 0 heterocycles. The average Bonchev–Trinajstić information content (AvgIpc) is 2.18. The monoisotopic (exact) mass is 225 g/mol. The molecular formula is C10H11NO3S. The van der Waals surface area contributed by atoms with Crippen molar-refractivity contribution in [3.05, 3.63) is 24.3 Å². The van der Waals surface area contributed by atoms with E-state index in [9.17, 15) is 8.42 Å². The number of hydrogen-bond donors (Lipinski definition) is 1. The Kier molecular flexibility index (Phi) is 3.72. The molecule has 0 saturated carbocycles. The van der Waals surface area contributed by atoms with Crippen LogP contribution in [0.25, 0.3) is 0 Å². The average molecular weight is 225 g/mol. The molecule has 0 aliphatic rings. The van der Waals surface area contributed by atoms with Gasteiger partial charge in [0.05, 0.1) is 4.90 Å². The molecule has 5 heteroatoms. The van der Waals surface area contributed by atoms with Crippen molar-refractivity contribution in [3.8, 4) is 17.6 Å². The van der Waals surface area contributed by atoms with E-state index in [1.54, 1.807) is 6.92 Å². The second-order valence-electron chi connectivity index (χ2n) is 2.73. The fraction of sp³-hybridized carbons (Fsp3) is 0.200. The maximum absolute atomic E-state index is 10.9. The molecular weight excluding hydrogens is 214 g/mol. The van der Waals surface area contributed by atoms with Crippen LogP contribution in [0.15, 0.2) is 29.2 Å². The van der Waals surface area contributed by atoms with Crippen molar-refractivity contribution in [1.29, 1.82) is 0 Å². The Morgan fingerprint density at radius 3 is 2.40 bits per heavy atom. The highest BCUT2D eigenvalue weighted by molar-refractivity contribution is 7.89. The van der Waals surface area contributed by atoms with E-state index in [0.29, 0.717) is 5.75 Å². The lowest BCUT2D eigenvalue weighted by Gasteiger charge is -2.02. The summed E-state index contributed by atoms with van der Waals surface area (Å²) in [4.78, 5) is 0.0661. The minimum atomic E-state index is -3.63. The lowest BCUT2D eigenvalue weighted by Crippen LogP contribution is -2.11. The number of benzene rings is 1. The highest BCUT2D eigenvalue weighted by atomic mass is 32.2. The number of sulfonamides is 1. The SMILES string of the molecule is CC#CCOc1ccc(S(N)(=O)=O)cc1. The summed E-state index contributed by atoms with van der Waals surface area (Å²) in [5.41, 5.74) is 0. The van der Waals surface area contributed by atoms with Gasteiger partial charge in [-0.1, -0.05) is 5.92 Å². The Morgan fingerprint density at radius 1 is 1.33 bits per heavy atom. The number of nitrogens with two attached hydrogens (primary N) is 1. The number of ether oxygens (including phenoxy) is 1. The van der Waals surface area contributed by atoms with Gasteiger partial charge in [-0.15, -0.1) is 5.92 Å². The molecule has 1 aromatic carbocycles. The second kappa shape index (κ2) is 4.82. The molecule has 15 heavy (non-hydrogen) atoms. The maximum atomic E-state index is 10.9. The fourth-order valence-corrected chi connectivity index (χ4v) is 1.43. The first-order valence-electron chi connectivity index (χ1n) is 4.19. The first-order chi connectivity index (χ1) is 7.04. The van der Waals surface area contributed by atoms with E-state index in [4.69, 9.17) is 9.88 Å². The molecule has 0 bridgehead atoms. The molecule has 80 valence electrons. The molecule has 0 saturated heterocycles. The van der Waals surface area contributed by atoms with Gasteiger partial charge in [-0.05, 0) is 31.2 Å². The Hall–Kier alpha value is -1.51. The van der Waals surface area contributed by atoms with Crippen molar-refractivity contribution in [3.63, 3.8) is 0 Å². The van der Waals surface area contributed by atoms with Crippen LogP contribution in [0, 0.1) is 11.8 Å². The van der Waals surface area contributed by atoms with Gasteiger partial charge in [0.1, 0.15) is 12.4 Å². The van der Waals surface area contributed by atoms with Crippen LogP contribution in [0.2, 0.25) is 0 Å². The van der Waals surface area contributed by atoms with Crippen LogP contribution >= 0.6 is 0 Å². The quantitative estimate of drug-likeness (QED) is 0.771. The molecule has 4 nitrogen and oxygen atoms in total. The van der Waals surface area contributed by atoms with Crippen LogP contribution < -0.4 is 9.88 Å². The normalized spacial score (nSPS) is 10.3. The van der Waals surface area contributed by atoms with Gasteiger partial charge < -0.3 is 4.74 Å². The summed E-state index contributed by atoms with van der Waals surface area (Å²) < 4.78 is 27.0. The molecule has 2 N–H and O–H groups in total. The Bertz CT molecular complexity index is 480. The topological polar surface area (TPSA) is 69.4 Å². The van der Waals surface area contributed by atoms with Crippen molar-refractivity contribution >= 4 is 10.0 Å². The summed E-state index contributed by atoms with van der Waals surface area (Å²) in [6.07, 6.45) is 0. The van der Waals surface area contributed by atoms with Gasteiger partial charge in [0.15, 0.2) is 0 Å². The predicted octanol–water partition coefficient (Wildman–Crippen LogP) is 0.736. The van der Waals surface area contributed by atoms with Crippen LogP contribution in [0.4, 0.5) is 0 Å². The largest absolute Gasteiger partial charge is 0.481 e. The minimum absolute atomic E-state index is 0.0661. The van der Waals surface area contributed by atoms with E-state index in [-0.39, 0.29) is 11.5 Å². The molecule has 0 aliphatic carbocycles. The molecule has 0 radical (unpaired) electrons. The molecule has 0 unspecified atom stereocenters. The van der Waals surface area contributed by atoms with E-state index < -0.39 is 10.0 Å². The number of hydrogen-bond acceptors (Lipinski definition) is 3. The lowest BCUT2D eigenvalue weighted by molar-refractivity contribution is 0.370. The maximum Gasteiger partial charge on any atom is 0.238 e. The Labute approximate surface area is 89.1 Å². The molecule has 1 rings (SSSR count). The van der Waals surface area contributed by atoms with E-state index in [1.165, 1.54) is 24.3 Å². The minimum Gasteiger partial charge on any atom is -0.481 e. The van der Waals surface area contributed by atoms with Gasteiger partial charge in [0, 0.05) is 0 Å². The molecule has 0 amide bonds. The van der Waals surface area contributed by atoms with E-state index >= 15 is 0 Å². The van der Waals surface area contributed by atoms with Crippen LogP contribution in [0.5, 0.6) is 5.75 Å². The molecule has 0 aromatic heterocycles. The first kappa shape index (κ1) is 11.6. The summed E-state index contributed by atoms with van der Waals surface area (Å²) in [5.74, 6) is 5.97. The highest BCUT2D eigenvalue weighted by Crippen LogP contribution is 2.14. The van der Waals surface area contributed by atoms with E-state index in [2.05, 4.69) is 11.8 Å². The lowest BCUT2D eigenvalue weighted by atomic mass is 10.3. The van der Waals surface area contributed by atoms with Gasteiger partial charge in [-0.3, -0.25) is 0 Å². The van der Waals surface area contributed by atoms with Gasteiger partial charge in [0.2, 0.25) is 10.0 Å². The zero-order valence-electron chi connectivity index (χ0n) is 8.23. The molecule has 0 aliphatic heterocycles. The van der Waals surface area contributed by atoms with Crippen LogP contribution in [-0.2, 0) is 10.0 Å². The fourth-order valence-electron chi connectivity index (χ4n) is 0.917. The third kappa shape index (κ3) is 3.62. The highest BCUT2D eigenvalue weighted by Gasteiger charge is 2.06. The van der Waals surface area contributed by atoms with Crippen molar-refractivity contribution in [2.75, 3.05) is 6.61 Å². The van der Waals surface area contributed by atoms with Crippen LogP contribution in [-0.4, -0.2) is 15.0 Å². The van der Waals surface area contributed by atoms with E-state index in [0.717, 1.165) is 0 Å². The zero-order chi connectivity index (χ0) is 11.3. The van der Waals surface area contributed by atoms with Gasteiger partial charge in [-0.25, -0.2) is 13.6 Å². The summed E-state index contributed by atoms with van der Waals surface area (Å²) in [5, 5.41) is 4.94. The number of primary sulfonamides is 1. The first-order valence-corrected chi connectivity index (χ1v) is 5.74. The predicted molar refractivity (Wildman–Crippen MR) is 56.8 cm³/mol. The summed E-state index contributed by atoms with van der Waals surface area (Å²) in [7, 11) is -3.63. The summed E-state index contributed by atoms with van der Waals surface area (Å²) in [6.45, 7) is 2.00. The van der Waals surface area contributed by atoms with Gasteiger partial charge in [0.25, 0.3) is 0 Å². The molecule has 1 aromatic rings. The van der Waals surface area contributed by atoms with Crippen molar-refractivity contribution < 1.29 is 13.2 Å². The van der Waals surface area contributed by atoms with Crippen LogP contribution in [0.3, 0.4) is 0 Å². The third-order valence-corrected chi connectivity index (χ3v) is 2.57. The van der Waals surface area contributed by atoms with Crippen molar-refractivity contribution in [2.24, 2.45) is 5.14 Å². The number of rotatable bonds is 3. The van der Waals surface area contributed by atoms with E-state index in [1.807, 2.05) is 0 Å². The Balaban J connectivity index is 2.76. The standard InChI is InChI=1S/C10H11NO3S/c1-2-3-8-14-9-4-6-10(7-5-9)15(11,12)13/h4-7H,8H2,1H3,(H2,11,12,13). The molecule has 0 fully saturated rings. The smallest absolute Gasteiger partial charge is 0.238 e. The second-order valence-corrected chi connectivity index (χ2v) is 4.29.